The fourth-order valence-corrected chi connectivity index (χ4v) is 3.99. The van der Waals surface area contributed by atoms with Gasteiger partial charge in [0, 0.05) is 38.6 Å². The van der Waals surface area contributed by atoms with Crippen molar-refractivity contribution in [1.29, 1.82) is 0 Å². The van der Waals surface area contributed by atoms with E-state index in [1.165, 1.54) is 6.26 Å². The molecule has 1 amide bonds. The van der Waals surface area contributed by atoms with Crippen LogP contribution in [-0.4, -0.2) is 58.8 Å². The lowest BCUT2D eigenvalue weighted by molar-refractivity contribution is 0.0621. The van der Waals surface area contributed by atoms with Gasteiger partial charge in [-0.15, -0.1) is 11.3 Å². The standard InChI is InChI=1S/C19H19N3O3S/c23-16(17-4-3-12-25-17)14-20-8-10-21(11-9-20)18(24)15-5-13-26-19(15)22-6-1-2-7-22/h1-7,12-13H,8-11,14H2. The van der Waals surface area contributed by atoms with E-state index in [9.17, 15) is 9.59 Å². The number of amides is 1. The smallest absolute Gasteiger partial charge is 0.256 e. The van der Waals surface area contributed by atoms with Crippen LogP contribution in [0.5, 0.6) is 0 Å². The maximum Gasteiger partial charge on any atom is 0.256 e. The zero-order valence-corrected chi connectivity index (χ0v) is 15.0. The van der Waals surface area contributed by atoms with Gasteiger partial charge in [0.2, 0.25) is 5.78 Å². The number of carbonyl (C=O) groups excluding carboxylic acids is 2. The van der Waals surface area contributed by atoms with Crippen LogP contribution in [0.2, 0.25) is 0 Å². The fourth-order valence-electron chi connectivity index (χ4n) is 3.13. The molecule has 0 bridgehead atoms. The summed E-state index contributed by atoms with van der Waals surface area (Å²) in [4.78, 5) is 29.0. The SMILES string of the molecule is O=C(CN1CCN(C(=O)c2ccsc2-n2cccc2)CC1)c1ccco1. The van der Waals surface area contributed by atoms with Crippen molar-refractivity contribution in [3.63, 3.8) is 0 Å². The van der Waals surface area contributed by atoms with Gasteiger partial charge in [0.05, 0.1) is 18.4 Å². The van der Waals surface area contributed by atoms with Gasteiger partial charge in [-0.1, -0.05) is 0 Å². The molecule has 26 heavy (non-hydrogen) atoms. The molecule has 4 heterocycles. The average molecular weight is 369 g/mol. The van der Waals surface area contributed by atoms with E-state index in [-0.39, 0.29) is 11.7 Å². The highest BCUT2D eigenvalue weighted by Crippen LogP contribution is 2.24. The molecule has 1 aliphatic heterocycles. The van der Waals surface area contributed by atoms with Crippen LogP contribution in [0.1, 0.15) is 20.9 Å². The number of aromatic nitrogens is 1. The molecular formula is C19H19N3O3S. The molecule has 7 heteroatoms. The minimum Gasteiger partial charge on any atom is -0.461 e. The van der Waals surface area contributed by atoms with Crippen molar-refractivity contribution in [3.8, 4) is 5.00 Å². The van der Waals surface area contributed by atoms with E-state index in [1.807, 2.05) is 45.4 Å². The van der Waals surface area contributed by atoms with Gasteiger partial charge < -0.3 is 13.9 Å². The molecule has 0 unspecified atom stereocenters. The Morgan fingerprint density at radius 1 is 1.04 bits per heavy atom. The number of ketones is 1. The van der Waals surface area contributed by atoms with Crippen LogP contribution >= 0.6 is 11.3 Å². The molecule has 0 aromatic carbocycles. The fraction of sp³-hybridized carbons (Fsp3) is 0.263. The van der Waals surface area contributed by atoms with E-state index in [0.29, 0.717) is 38.5 Å². The zero-order valence-electron chi connectivity index (χ0n) is 14.2. The van der Waals surface area contributed by atoms with E-state index in [2.05, 4.69) is 4.90 Å². The first-order valence-electron chi connectivity index (χ1n) is 8.51. The Bertz CT molecular complexity index is 875. The summed E-state index contributed by atoms with van der Waals surface area (Å²) in [6, 6.07) is 9.18. The van der Waals surface area contributed by atoms with Gasteiger partial charge in [0.15, 0.2) is 5.76 Å². The average Bonchev–Trinajstić information content (AvgIpc) is 3.43. The number of rotatable bonds is 5. The van der Waals surface area contributed by atoms with Crippen molar-refractivity contribution >= 4 is 23.0 Å². The maximum absolute atomic E-state index is 12.9. The second-order valence-electron chi connectivity index (χ2n) is 6.20. The molecule has 1 saturated heterocycles. The van der Waals surface area contributed by atoms with Crippen molar-refractivity contribution in [2.75, 3.05) is 32.7 Å². The van der Waals surface area contributed by atoms with Gasteiger partial charge >= 0.3 is 0 Å². The third-order valence-corrected chi connectivity index (χ3v) is 5.46. The normalized spacial score (nSPS) is 15.3. The molecule has 0 atom stereocenters. The molecule has 0 radical (unpaired) electrons. The Kier molecular flexibility index (Phi) is 4.73. The summed E-state index contributed by atoms with van der Waals surface area (Å²) in [6.07, 6.45) is 5.40. The van der Waals surface area contributed by atoms with Gasteiger partial charge in [0.25, 0.3) is 5.91 Å². The minimum atomic E-state index is -0.0255. The number of Topliss-reactive ketones (excluding diaryl/α,β-unsaturated/α-hetero) is 1. The van der Waals surface area contributed by atoms with Crippen LogP contribution in [0.3, 0.4) is 0 Å². The quantitative estimate of drug-likeness (QED) is 0.649. The zero-order chi connectivity index (χ0) is 17.9. The summed E-state index contributed by atoms with van der Waals surface area (Å²) in [5.74, 6) is 0.410. The lowest BCUT2D eigenvalue weighted by Gasteiger charge is -2.34. The highest BCUT2D eigenvalue weighted by atomic mass is 32.1. The van der Waals surface area contributed by atoms with Crippen molar-refractivity contribution in [1.82, 2.24) is 14.4 Å². The number of hydrogen-bond donors (Lipinski definition) is 0. The molecule has 0 spiro atoms. The predicted octanol–water partition coefficient (Wildman–Crippen LogP) is 2.77. The van der Waals surface area contributed by atoms with Crippen molar-refractivity contribution in [2.45, 2.75) is 0 Å². The van der Waals surface area contributed by atoms with Crippen LogP contribution in [0, 0.1) is 0 Å². The molecule has 3 aromatic rings. The molecule has 0 saturated carbocycles. The van der Waals surface area contributed by atoms with Crippen molar-refractivity contribution < 1.29 is 14.0 Å². The number of carbonyl (C=O) groups is 2. The first-order valence-corrected chi connectivity index (χ1v) is 9.39. The van der Waals surface area contributed by atoms with Crippen LogP contribution in [0.4, 0.5) is 0 Å². The Labute approximate surface area is 155 Å². The van der Waals surface area contributed by atoms with Crippen LogP contribution in [0.25, 0.3) is 5.00 Å². The molecular weight excluding hydrogens is 350 g/mol. The largest absolute Gasteiger partial charge is 0.461 e. The molecule has 3 aromatic heterocycles. The van der Waals surface area contributed by atoms with Crippen molar-refractivity contribution in [3.05, 3.63) is 65.7 Å². The van der Waals surface area contributed by atoms with Gasteiger partial charge in [-0.3, -0.25) is 14.5 Å². The second-order valence-corrected chi connectivity index (χ2v) is 7.09. The Morgan fingerprint density at radius 2 is 1.81 bits per heavy atom. The molecule has 6 nitrogen and oxygen atoms in total. The summed E-state index contributed by atoms with van der Waals surface area (Å²) in [5.41, 5.74) is 0.728. The molecule has 0 aliphatic carbocycles. The maximum atomic E-state index is 12.9. The second kappa shape index (κ2) is 7.31. The molecule has 1 aliphatic rings. The minimum absolute atomic E-state index is 0.0255. The van der Waals surface area contributed by atoms with Gasteiger partial charge in [-0.2, -0.15) is 0 Å². The van der Waals surface area contributed by atoms with Crippen LogP contribution < -0.4 is 0 Å². The van der Waals surface area contributed by atoms with E-state index in [0.717, 1.165) is 10.6 Å². The van der Waals surface area contributed by atoms with E-state index < -0.39 is 0 Å². The summed E-state index contributed by atoms with van der Waals surface area (Å²) < 4.78 is 7.12. The Morgan fingerprint density at radius 3 is 2.50 bits per heavy atom. The first kappa shape index (κ1) is 16.8. The van der Waals surface area contributed by atoms with Crippen LogP contribution in [-0.2, 0) is 0 Å². The topological polar surface area (TPSA) is 58.7 Å². The third-order valence-electron chi connectivity index (χ3n) is 4.54. The van der Waals surface area contributed by atoms with Gasteiger partial charge in [-0.25, -0.2) is 0 Å². The Hall–Kier alpha value is -2.64. The number of furan rings is 1. The predicted molar refractivity (Wildman–Crippen MR) is 99.0 cm³/mol. The van der Waals surface area contributed by atoms with E-state index in [4.69, 9.17) is 4.42 Å². The molecule has 0 N–H and O–H groups in total. The van der Waals surface area contributed by atoms with Gasteiger partial charge in [0.1, 0.15) is 5.00 Å². The number of thiophene rings is 1. The summed E-state index contributed by atoms with van der Waals surface area (Å²) >= 11 is 1.56. The summed E-state index contributed by atoms with van der Waals surface area (Å²) in [7, 11) is 0. The number of piperazine rings is 1. The monoisotopic (exact) mass is 369 g/mol. The summed E-state index contributed by atoms with van der Waals surface area (Å²) in [5, 5.41) is 2.89. The number of hydrogen-bond acceptors (Lipinski definition) is 5. The molecule has 134 valence electrons. The third kappa shape index (κ3) is 3.36. The first-order chi connectivity index (χ1) is 12.7. The van der Waals surface area contributed by atoms with Gasteiger partial charge in [-0.05, 0) is 35.7 Å². The molecule has 4 rings (SSSR count). The lowest BCUT2D eigenvalue weighted by Crippen LogP contribution is -2.49. The van der Waals surface area contributed by atoms with E-state index in [1.54, 1.807) is 23.5 Å². The highest BCUT2D eigenvalue weighted by Gasteiger charge is 2.26. The summed E-state index contributed by atoms with van der Waals surface area (Å²) in [6.45, 7) is 2.92. The number of nitrogens with zero attached hydrogens (tertiary/aromatic N) is 3. The van der Waals surface area contributed by atoms with E-state index >= 15 is 0 Å². The van der Waals surface area contributed by atoms with Crippen LogP contribution in [0.15, 0.2) is 58.8 Å². The van der Waals surface area contributed by atoms with Crippen molar-refractivity contribution in [2.24, 2.45) is 0 Å². The Balaban J connectivity index is 1.37. The molecule has 1 fully saturated rings. The lowest BCUT2D eigenvalue weighted by atomic mass is 10.2. The highest BCUT2D eigenvalue weighted by molar-refractivity contribution is 7.13.